The summed E-state index contributed by atoms with van der Waals surface area (Å²) in [4.78, 5) is 24.4. The molecule has 2 saturated heterocycles. The molecule has 0 aliphatic carbocycles. The molecule has 10 nitrogen and oxygen atoms in total. The SMILES string of the molecule is CN1CCN(C(C)(C)/C=C(\C#N)C(=O)N2CCC[C@@H](n3nc(-c4ccc(Oc5ccccc5)cc4F)c4c(N)nccc43)C2)CC1. The van der Waals surface area contributed by atoms with Gasteiger partial charge in [0.25, 0.3) is 5.91 Å². The number of piperidine rings is 1. The maximum atomic E-state index is 15.6. The fourth-order valence-electron chi connectivity index (χ4n) is 6.43. The lowest BCUT2D eigenvalue weighted by molar-refractivity contribution is -0.128. The number of carbonyl (C=O) groups is 1. The van der Waals surface area contributed by atoms with Crippen LogP contribution >= 0.6 is 0 Å². The quantitative estimate of drug-likeness (QED) is 0.220. The fraction of sp³-hybridized carbons (Fsp3) is 0.371. The molecule has 11 heteroatoms. The van der Waals surface area contributed by atoms with Crippen molar-refractivity contribution in [1.82, 2.24) is 29.5 Å². The van der Waals surface area contributed by atoms with Crippen LogP contribution in [0.1, 0.15) is 32.7 Å². The molecule has 4 heterocycles. The van der Waals surface area contributed by atoms with Gasteiger partial charge in [-0.2, -0.15) is 10.4 Å². The van der Waals surface area contributed by atoms with E-state index in [1.807, 2.05) is 35.0 Å². The van der Waals surface area contributed by atoms with Crippen molar-refractivity contribution in [3.05, 3.63) is 78.3 Å². The molecule has 2 aliphatic rings. The highest BCUT2D eigenvalue weighted by molar-refractivity contribution is 6.00. The van der Waals surface area contributed by atoms with E-state index in [1.54, 1.807) is 35.4 Å². The van der Waals surface area contributed by atoms with Crippen LogP contribution in [0, 0.1) is 17.1 Å². The van der Waals surface area contributed by atoms with E-state index in [2.05, 4.69) is 41.7 Å². The van der Waals surface area contributed by atoms with Crippen molar-refractivity contribution in [2.24, 2.45) is 0 Å². The molecular weight excluding hydrogens is 583 g/mol. The number of para-hydroxylation sites is 1. The Morgan fingerprint density at radius 1 is 1.09 bits per heavy atom. The molecule has 0 saturated carbocycles. The van der Waals surface area contributed by atoms with Gasteiger partial charge in [0.15, 0.2) is 0 Å². The summed E-state index contributed by atoms with van der Waals surface area (Å²) in [6.45, 7) is 8.62. The first-order valence-electron chi connectivity index (χ1n) is 15.7. The van der Waals surface area contributed by atoms with Crippen LogP contribution in [-0.4, -0.2) is 87.2 Å². The van der Waals surface area contributed by atoms with Gasteiger partial charge in [-0.1, -0.05) is 18.2 Å². The number of nitriles is 1. The summed E-state index contributed by atoms with van der Waals surface area (Å²) in [5.74, 6) is 0.419. The van der Waals surface area contributed by atoms with E-state index in [4.69, 9.17) is 15.6 Å². The van der Waals surface area contributed by atoms with Gasteiger partial charge in [-0.3, -0.25) is 14.4 Å². The van der Waals surface area contributed by atoms with Crippen molar-refractivity contribution in [3.8, 4) is 28.8 Å². The number of nitrogens with zero attached hydrogens (tertiary/aromatic N) is 7. The van der Waals surface area contributed by atoms with E-state index in [-0.39, 0.29) is 28.9 Å². The van der Waals surface area contributed by atoms with E-state index in [0.29, 0.717) is 41.2 Å². The van der Waals surface area contributed by atoms with E-state index in [1.165, 1.54) is 6.07 Å². The summed E-state index contributed by atoms with van der Waals surface area (Å²) in [6, 6.07) is 17.6. The van der Waals surface area contributed by atoms with E-state index < -0.39 is 11.4 Å². The zero-order valence-corrected chi connectivity index (χ0v) is 26.5. The number of piperazine rings is 1. The minimum Gasteiger partial charge on any atom is -0.457 e. The zero-order valence-electron chi connectivity index (χ0n) is 26.5. The molecule has 2 N–H and O–H groups in total. The number of rotatable bonds is 7. The molecule has 46 heavy (non-hydrogen) atoms. The topological polar surface area (TPSA) is 117 Å². The highest BCUT2D eigenvalue weighted by atomic mass is 19.1. The van der Waals surface area contributed by atoms with Gasteiger partial charge in [-0.25, -0.2) is 9.37 Å². The summed E-state index contributed by atoms with van der Waals surface area (Å²) in [7, 11) is 2.10. The third-order valence-electron chi connectivity index (χ3n) is 9.02. The van der Waals surface area contributed by atoms with Crippen LogP contribution in [0.2, 0.25) is 0 Å². The third kappa shape index (κ3) is 6.32. The van der Waals surface area contributed by atoms with Gasteiger partial charge in [-0.05, 0) is 70.1 Å². The first kappa shape index (κ1) is 31.2. The average molecular weight is 623 g/mol. The Labute approximate surface area is 268 Å². The van der Waals surface area contributed by atoms with Crippen molar-refractivity contribution < 1.29 is 13.9 Å². The molecule has 1 amide bonds. The molecule has 2 aromatic heterocycles. The number of benzene rings is 2. The van der Waals surface area contributed by atoms with Gasteiger partial charge in [0, 0.05) is 62.6 Å². The summed E-state index contributed by atoms with van der Waals surface area (Å²) >= 11 is 0. The number of carbonyl (C=O) groups excluding carboxylic acids is 1. The minimum absolute atomic E-state index is 0.143. The number of nitrogens with two attached hydrogens (primary N) is 1. The lowest BCUT2D eigenvalue weighted by Crippen LogP contribution is -2.53. The van der Waals surface area contributed by atoms with E-state index >= 15 is 4.39 Å². The molecule has 0 spiro atoms. The second-order valence-electron chi connectivity index (χ2n) is 12.6. The predicted molar refractivity (Wildman–Crippen MR) is 176 cm³/mol. The zero-order chi connectivity index (χ0) is 32.4. The Morgan fingerprint density at radius 2 is 1.85 bits per heavy atom. The Kier molecular flexibility index (Phi) is 8.75. The number of nitrogen functional groups attached to an aromatic ring is 1. The Bertz CT molecular complexity index is 1800. The lowest BCUT2D eigenvalue weighted by Gasteiger charge is -2.42. The average Bonchev–Trinajstić information content (AvgIpc) is 3.45. The molecule has 2 aliphatic heterocycles. The van der Waals surface area contributed by atoms with Gasteiger partial charge in [-0.15, -0.1) is 0 Å². The minimum atomic E-state index is -0.504. The van der Waals surface area contributed by atoms with Gasteiger partial charge < -0.3 is 20.3 Å². The molecule has 2 fully saturated rings. The number of likely N-dealkylation sites (N-methyl/N-ethyl adjacent to an activating group) is 1. The van der Waals surface area contributed by atoms with Crippen LogP contribution in [0.25, 0.3) is 22.2 Å². The Hall–Kier alpha value is -4.79. The molecular formula is C35H39FN8O2. The number of hydrogen-bond donors (Lipinski definition) is 1. The molecule has 0 radical (unpaired) electrons. The molecule has 4 aromatic rings. The second-order valence-corrected chi connectivity index (χ2v) is 12.6. The molecule has 1 atom stereocenters. The molecule has 6 rings (SSSR count). The highest BCUT2D eigenvalue weighted by Gasteiger charge is 2.33. The Balaban J connectivity index is 1.27. The smallest absolute Gasteiger partial charge is 0.264 e. The first-order valence-corrected chi connectivity index (χ1v) is 15.7. The number of likely N-dealkylation sites (tertiary alicyclic amines) is 1. The number of fused-ring (bicyclic) bond motifs is 1. The number of amides is 1. The van der Waals surface area contributed by atoms with E-state index in [9.17, 15) is 10.1 Å². The molecule has 2 aromatic carbocycles. The Morgan fingerprint density at radius 3 is 2.57 bits per heavy atom. The predicted octanol–water partition coefficient (Wildman–Crippen LogP) is 5.25. The van der Waals surface area contributed by atoms with Gasteiger partial charge in [0.1, 0.15) is 40.5 Å². The number of halogens is 1. The summed E-state index contributed by atoms with van der Waals surface area (Å²) in [5, 5.41) is 15.5. The number of pyridine rings is 1. The first-order chi connectivity index (χ1) is 22.1. The molecule has 238 valence electrons. The van der Waals surface area contributed by atoms with Crippen LogP contribution in [0.3, 0.4) is 0 Å². The standard InChI is InChI=1S/C35H39FN8O2/c1-35(2,43-18-16-41(3)17-19-43)21-24(22-37)34(45)42-15-7-8-25(23-42)44-30-13-14-39-33(38)31(30)32(40-44)28-12-11-27(20-29(28)36)46-26-9-5-4-6-10-26/h4-6,9-14,20-21,25H,7-8,15-19,23H2,1-3H3,(H2,38,39)/b24-21+/t25-/m1/s1. The van der Waals surface area contributed by atoms with Crippen molar-refractivity contribution in [1.29, 1.82) is 5.26 Å². The van der Waals surface area contributed by atoms with Crippen LogP contribution in [-0.2, 0) is 4.79 Å². The van der Waals surface area contributed by atoms with Crippen molar-refractivity contribution >= 4 is 22.6 Å². The molecule has 0 unspecified atom stereocenters. The van der Waals surface area contributed by atoms with Crippen LogP contribution in [0.4, 0.5) is 10.2 Å². The van der Waals surface area contributed by atoms with Crippen LogP contribution in [0.15, 0.2) is 72.4 Å². The largest absolute Gasteiger partial charge is 0.457 e. The number of ether oxygens (including phenoxy) is 1. The highest BCUT2D eigenvalue weighted by Crippen LogP contribution is 2.37. The van der Waals surface area contributed by atoms with Gasteiger partial charge in [0.2, 0.25) is 0 Å². The van der Waals surface area contributed by atoms with E-state index in [0.717, 1.165) is 39.0 Å². The summed E-state index contributed by atoms with van der Waals surface area (Å²) < 4.78 is 23.3. The van der Waals surface area contributed by atoms with Crippen molar-refractivity contribution in [2.75, 3.05) is 52.0 Å². The molecule has 0 bridgehead atoms. The number of aromatic nitrogens is 3. The number of hydrogen-bond acceptors (Lipinski definition) is 8. The van der Waals surface area contributed by atoms with Crippen LogP contribution < -0.4 is 10.5 Å². The second kappa shape index (κ2) is 12.9. The summed E-state index contributed by atoms with van der Waals surface area (Å²) in [5.41, 5.74) is 7.41. The van der Waals surface area contributed by atoms with Gasteiger partial charge in [0.05, 0.1) is 16.9 Å². The monoisotopic (exact) mass is 622 g/mol. The normalized spacial score (nSPS) is 18.5. The van der Waals surface area contributed by atoms with Crippen LogP contribution in [0.5, 0.6) is 11.5 Å². The van der Waals surface area contributed by atoms with Gasteiger partial charge >= 0.3 is 0 Å². The maximum Gasteiger partial charge on any atom is 0.264 e. The third-order valence-corrected chi connectivity index (χ3v) is 9.02. The number of anilines is 1. The lowest BCUT2D eigenvalue weighted by atomic mass is 9.96. The maximum absolute atomic E-state index is 15.6. The van der Waals surface area contributed by atoms with Crippen molar-refractivity contribution in [2.45, 2.75) is 38.3 Å². The van der Waals surface area contributed by atoms with Crippen molar-refractivity contribution in [3.63, 3.8) is 0 Å². The fourth-order valence-corrected chi connectivity index (χ4v) is 6.43. The summed E-state index contributed by atoms with van der Waals surface area (Å²) in [6.07, 6.45) is 4.91.